The Kier molecular flexibility index (Phi) is 45.0. The molecule has 2 N–H and O–H groups in total. The van der Waals surface area contributed by atoms with Gasteiger partial charge in [0.25, 0.3) is 0 Å². The average molecular weight is 822 g/mol. The fourth-order valence-electron chi connectivity index (χ4n) is 7.05. The molecule has 1 amide bonds. The summed E-state index contributed by atoms with van der Waals surface area (Å²) >= 11 is 0. The van der Waals surface area contributed by atoms with Gasteiger partial charge in [0.2, 0.25) is 5.91 Å². The van der Waals surface area contributed by atoms with Gasteiger partial charge in [-0.2, -0.15) is 0 Å². The van der Waals surface area contributed by atoms with E-state index in [2.05, 4.69) is 92.1 Å². The molecular formula is C53H91NO5. The van der Waals surface area contributed by atoms with Gasteiger partial charge in [-0.15, -0.1) is 0 Å². The van der Waals surface area contributed by atoms with Crippen molar-refractivity contribution < 1.29 is 24.2 Å². The summed E-state index contributed by atoms with van der Waals surface area (Å²) in [4.78, 5) is 35.2. The molecule has 6 nitrogen and oxygen atoms in total. The second kappa shape index (κ2) is 47.5. The van der Waals surface area contributed by atoms with Crippen molar-refractivity contribution in [3.8, 4) is 0 Å². The van der Waals surface area contributed by atoms with Crippen LogP contribution in [0.2, 0.25) is 0 Å². The second-order valence-electron chi connectivity index (χ2n) is 16.3. The predicted octanol–water partition coefficient (Wildman–Crippen LogP) is 15.7. The third kappa shape index (κ3) is 47.4. The molecule has 0 radical (unpaired) electrons. The summed E-state index contributed by atoms with van der Waals surface area (Å²) in [5.74, 6) is -1.25. The minimum Gasteiger partial charge on any atom is -0.480 e. The van der Waals surface area contributed by atoms with Crippen LogP contribution in [0.5, 0.6) is 0 Å². The number of carbonyl (C=O) groups is 3. The Balaban J connectivity index is 4.19. The summed E-state index contributed by atoms with van der Waals surface area (Å²) in [6, 6.07) is 0. The number of carboxylic acids is 1. The maximum atomic E-state index is 12.8. The van der Waals surface area contributed by atoms with Crippen molar-refractivity contribution in [1.29, 1.82) is 0 Å². The van der Waals surface area contributed by atoms with Gasteiger partial charge < -0.3 is 15.2 Å². The van der Waals surface area contributed by atoms with Crippen molar-refractivity contribution in [3.63, 3.8) is 0 Å². The molecule has 0 heterocycles. The topological polar surface area (TPSA) is 92.7 Å². The van der Waals surface area contributed by atoms with Crippen molar-refractivity contribution >= 4 is 17.8 Å². The summed E-state index contributed by atoms with van der Waals surface area (Å²) in [7, 11) is 0. The highest BCUT2D eigenvalue weighted by Crippen LogP contribution is 2.19. The number of carbonyl (C=O) groups excluding carboxylic acids is 2. The minimum absolute atomic E-state index is 0.00900. The summed E-state index contributed by atoms with van der Waals surface area (Å²) in [5, 5.41) is 11.1. The van der Waals surface area contributed by atoms with E-state index < -0.39 is 5.97 Å². The van der Waals surface area contributed by atoms with Gasteiger partial charge in [0.05, 0.1) is 0 Å². The van der Waals surface area contributed by atoms with Crippen molar-refractivity contribution in [3.05, 3.63) is 72.9 Å². The molecule has 0 aliphatic heterocycles. The van der Waals surface area contributed by atoms with Crippen molar-refractivity contribution in [2.75, 3.05) is 6.54 Å². The molecule has 0 aromatic rings. The molecule has 0 spiro atoms. The molecule has 0 aliphatic carbocycles. The third-order valence-electron chi connectivity index (χ3n) is 10.6. The molecule has 0 aromatic heterocycles. The molecule has 0 aromatic carbocycles. The van der Waals surface area contributed by atoms with Gasteiger partial charge in [-0.05, 0) is 89.9 Å². The maximum absolute atomic E-state index is 12.8. The number of hydrogen-bond acceptors (Lipinski definition) is 4. The monoisotopic (exact) mass is 822 g/mol. The number of allylic oxidation sites excluding steroid dienone is 12. The smallest absolute Gasteiger partial charge is 0.322 e. The highest BCUT2D eigenvalue weighted by Gasteiger charge is 2.14. The van der Waals surface area contributed by atoms with Gasteiger partial charge in [-0.3, -0.25) is 14.4 Å². The van der Waals surface area contributed by atoms with E-state index in [1.54, 1.807) is 0 Å². The van der Waals surface area contributed by atoms with Gasteiger partial charge in [0.15, 0.2) is 0 Å². The lowest BCUT2D eigenvalue weighted by Crippen LogP contribution is -2.28. The van der Waals surface area contributed by atoms with E-state index in [9.17, 15) is 14.4 Å². The summed E-state index contributed by atoms with van der Waals surface area (Å²) in [5.41, 5.74) is 0. The van der Waals surface area contributed by atoms with Crippen LogP contribution < -0.4 is 5.32 Å². The number of amides is 1. The SMILES string of the molecule is CC/C=C\C/C=C\C/C=C\C/C=C\C/C=C\C/C=C\CCCCCCC(=O)OC(CCCCCCCCCCCCCCCC)CCCCCCCC(=O)NCC(=O)O. The van der Waals surface area contributed by atoms with Crippen LogP contribution in [0.25, 0.3) is 0 Å². The Hall–Kier alpha value is -3.15. The van der Waals surface area contributed by atoms with E-state index in [4.69, 9.17) is 9.84 Å². The second-order valence-corrected chi connectivity index (χ2v) is 16.3. The van der Waals surface area contributed by atoms with E-state index in [-0.39, 0.29) is 24.5 Å². The van der Waals surface area contributed by atoms with Crippen molar-refractivity contribution in [1.82, 2.24) is 5.32 Å². The molecule has 1 atom stereocenters. The Morgan fingerprint density at radius 2 is 0.831 bits per heavy atom. The standard InChI is InChI=1S/C53H91NO5/c1-3-5-7-9-11-13-15-17-19-20-21-22-23-24-25-26-27-29-31-33-35-40-44-48-53(58)59-50(46-42-38-36-39-43-47-51(55)54-49-52(56)57)45-41-37-34-32-30-28-18-16-14-12-10-8-6-4-2/h5,7,11,13,17,19,21-22,24-25,27,29,50H,3-4,6,8-10,12,14-16,18,20,23,26,28,30-49H2,1-2H3,(H,54,55)(H,56,57)/b7-5-,13-11-,19-17-,22-21-,25-24-,29-27-. The zero-order valence-electron chi connectivity index (χ0n) is 38.3. The molecular weight excluding hydrogens is 731 g/mol. The summed E-state index contributed by atoms with van der Waals surface area (Å²) < 4.78 is 6.05. The molecule has 6 heteroatoms. The molecule has 338 valence electrons. The largest absolute Gasteiger partial charge is 0.480 e. The Morgan fingerprint density at radius 1 is 0.458 bits per heavy atom. The van der Waals surface area contributed by atoms with E-state index >= 15 is 0 Å². The number of hydrogen-bond donors (Lipinski definition) is 2. The fraction of sp³-hybridized carbons (Fsp3) is 0.717. The lowest BCUT2D eigenvalue weighted by molar-refractivity contribution is -0.150. The molecule has 0 rings (SSSR count). The zero-order valence-corrected chi connectivity index (χ0v) is 38.3. The summed E-state index contributed by atoms with van der Waals surface area (Å²) in [6.45, 7) is 4.12. The number of unbranched alkanes of at least 4 members (excludes halogenated alkanes) is 21. The summed E-state index contributed by atoms with van der Waals surface area (Å²) in [6.07, 6.45) is 64.6. The normalized spacial score (nSPS) is 12.7. The van der Waals surface area contributed by atoms with Crippen LogP contribution in [-0.2, 0) is 19.1 Å². The number of ether oxygens (including phenoxy) is 1. The highest BCUT2D eigenvalue weighted by atomic mass is 16.5. The Bertz CT molecular complexity index is 1130. The first-order valence-electron chi connectivity index (χ1n) is 24.6. The van der Waals surface area contributed by atoms with E-state index in [1.807, 2.05) is 0 Å². The quantitative estimate of drug-likeness (QED) is 0.0363. The molecule has 0 bridgehead atoms. The number of esters is 1. The number of carboxylic acid groups (broad SMARTS) is 1. The van der Waals surface area contributed by atoms with E-state index in [0.29, 0.717) is 12.8 Å². The minimum atomic E-state index is -1.02. The van der Waals surface area contributed by atoms with Crippen LogP contribution in [0, 0.1) is 0 Å². The fourth-order valence-corrected chi connectivity index (χ4v) is 7.05. The molecule has 59 heavy (non-hydrogen) atoms. The van der Waals surface area contributed by atoms with Crippen LogP contribution in [0.4, 0.5) is 0 Å². The maximum Gasteiger partial charge on any atom is 0.322 e. The van der Waals surface area contributed by atoms with Gasteiger partial charge in [-0.1, -0.05) is 202 Å². The van der Waals surface area contributed by atoms with Gasteiger partial charge in [0.1, 0.15) is 12.6 Å². The lowest BCUT2D eigenvalue weighted by Gasteiger charge is -2.18. The number of nitrogens with one attached hydrogen (secondary N) is 1. The van der Waals surface area contributed by atoms with Gasteiger partial charge >= 0.3 is 11.9 Å². The van der Waals surface area contributed by atoms with Crippen LogP contribution in [0.15, 0.2) is 72.9 Å². The molecule has 0 saturated carbocycles. The van der Waals surface area contributed by atoms with E-state index in [1.165, 1.54) is 83.5 Å². The van der Waals surface area contributed by atoms with Gasteiger partial charge in [-0.25, -0.2) is 0 Å². The number of aliphatic carboxylic acids is 1. The first-order chi connectivity index (χ1) is 29.0. The first kappa shape index (κ1) is 55.9. The van der Waals surface area contributed by atoms with E-state index in [0.717, 1.165) is 122 Å². The first-order valence-corrected chi connectivity index (χ1v) is 24.6. The van der Waals surface area contributed by atoms with Crippen LogP contribution in [0.3, 0.4) is 0 Å². The Labute approximate surface area is 364 Å². The molecule has 0 saturated heterocycles. The lowest BCUT2D eigenvalue weighted by atomic mass is 10.0. The molecule has 1 unspecified atom stereocenters. The van der Waals surface area contributed by atoms with Crippen LogP contribution >= 0.6 is 0 Å². The van der Waals surface area contributed by atoms with Gasteiger partial charge in [0, 0.05) is 12.8 Å². The van der Waals surface area contributed by atoms with Crippen LogP contribution in [0.1, 0.15) is 232 Å². The zero-order chi connectivity index (χ0) is 43.0. The van der Waals surface area contributed by atoms with Crippen LogP contribution in [-0.4, -0.2) is 35.6 Å². The molecule has 0 aliphatic rings. The van der Waals surface area contributed by atoms with Crippen molar-refractivity contribution in [2.24, 2.45) is 0 Å². The highest BCUT2D eigenvalue weighted by molar-refractivity contribution is 5.80. The predicted molar refractivity (Wildman–Crippen MR) is 254 cm³/mol. The van der Waals surface area contributed by atoms with Crippen molar-refractivity contribution in [2.45, 2.75) is 238 Å². The Morgan fingerprint density at radius 3 is 1.27 bits per heavy atom. The third-order valence-corrected chi connectivity index (χ3v) is 10.6. The number of rotatable bonds is 44. The molecule has 0 fully saturated rings. The average Bonchev–Trinajstić information content (AvgIpc) is 3.22.